The van der Waals surface area contributed by atoms with Crippen molar-refractivity contribution in [3.63, 3.8) is 0 Å². The van der Waals surface area contributed by atoms with Crippen LogP contribution in [0.2, 0.25) is 0 Å². The van der Waals surface area contributed by atoms with Gasteiger partial charge in [0.1, 0.15) is 12.1 Å². The minimum atomic E-state index is -0.569. The average molecular weight is 310 g/mol. The third-order valence-corrected chi connectivity index (χ3v) is 3.52. The van der Waals surface area contributed by atoms with Gasteiger partial charge < -0.3 is 19.9 Å². The number of likely N-dealkylation sites (tertiary alicyclic amines) is 1. The fourth-order valence-electron chi connectivity index (χ4n) is 2.38. The Labute approximate surface area is 132 Å². The summed E-state index contributed by atoms with van der Waals surface area (Å²) < 4.78 is 5.40. The molecule has 0 saturated carbocycles. The summed E-state index contributed by atoms with van der Waals surface area (Å²) in [6.07, 6.45) is 0.251. The predicted molar refractivity (Wildman–Crippen MR) is 82.0 cm³/mol. The minimum absolute atomic E-state index is 0.0194. The summed E-state index contributed by atoms with van der Waals surface area (Å²) in [4.78, 5) is 28.0. The van der Waals surface area contributed by atoms with Gasteiger partial charge in [0.2, 0.25) is 5.91 Å². The molecule has 1 aliphatic rings. The largest absolute Gasteiger partial charge is 0.444 e. The second-order valence-corrected chi connectivity index (χ2v) is 6.81. The molecule has 1 N–H and O–H groups in total. The molecule has 0 aromatic heterocycles. The lowest BCUT2D eigenvalue weighted by Crippen LogP contribution is -2.54. The second kappa shape index (κ2) is 7.45. The molecule has 0 aliphatic carbocycles. The maximum atomic E-state index is 12.3. The van der Waals surface area contributed by atoms with Gasteiger partial charge in [0.05, 0.1) is 12.0 Å². The van der Waals surface area contributed by atoms with E-state index in [0.29, 0.717) is 19.5 Å². The van der Waals surface area contributed by atoms with Crippen molar-refractivity contribution in [2.75, 3.05) is 33.7 Å². The molecule has 2 unspecified atom stereocenters. The van der Waals surface area contributed by atoms with Crippen LogP contribution in [0.3, 0.4) is 0 Å². The van der Waals surface area contributed by atoms with Gasteiger partial charge in [-0.3, -0.25) is 4.79 Å². The standard InChI is InChI=1S/C15H26N4O3/c1-15(2,3)22-14(21)19-9-11(13(20)17-7-6-16)8-12(10-19)18(4)5/h11-12H,7-10H2,1-5H3,(H,17,20). The van der Waals surface area contributed by atoms with E-state index in [1.807, 2.05) is 45.8 Å². The molecular weight excluding hydrogens is 284 g/mol. The zero-order valence-electron chi connectivity index (χ0n) is 14.0. The quantitative estimate of drug-likeness (QED) is 0.780. The summed E-state index contributed by atoms with van der Waals surface area (Å²) in [5.74, 6) is -0.524. The lowest BCUT2D eigenvalue weighted by Gasteiger charge is -2.40. The molecule has 124 valence electrons. The third-order valence-electron chi connectivity index (χ3n) is 3.52. The normalized spacial score (nSPS) is 22.1. The van der Waals surface area contributed by atoms with E-state index < -0.39 is 11.7 Å². The maximum absolute atomic E-state index is 12.3. The van der Waals surface area contributed by atoms with Crippen LogP contribution in [-0.4, -0.2) is 67.2 Å². The molecule has 1 rings (SSSR count). The van der Waals surface area contributed by atoms with Crippen LogP contribution in [0.1, 0.15) is 27.2 Å². The number of hydrogen-bond acceptors (Lipinski definition) is 5. The maximum Gasteiger partial charge on any atom is 0.410 e. The minimum Gasteiger partial charge on any atom is -0.444 e. The number of carbonyl (C=O) groups excluding carboxylic acids is 2. The Morgan fingerprint density at radius 2 is 2.00 bits per heavy atom. The van der Waals surface area contributed by atoms with Crippen LogP contribution >= 0.6 is 0 Å². The van der Waals surface area contributed by atoms with Gasteiger partial charge in [-0.25, -0.2) is 4.79 Å². The molecular formula is C15H26N4O3. The van der Waals surface area contributed by atoms with Crippen LogP contribution in [0, 0.1) is 17.2 Å². The van der Waals surface area contributed by atoms with Gasteiger partial charge in [0.15, 0.2) is 0 Å². The number of nitrogens with zero attached hydrogens (tertiary/aromatic N) is 3. The smallest absolute Gasteiger partial charge is 0.410 e. The van der Waals surface area contributed by atoms with Gasteiger partial charge >= 0.3 is 6.09 Å². The number of hydrogen-bond donors (Lipinski definition) is 1. The van der Waals surface area contributed by atoms with Crippen molar-refractivity contribution in [3.8, 4) is 6.07 Å². The summed E-state index contributed by atoms with van der Waals surface area (Å²) in [6.45, 7) is 6.27. The number of carbonyl (C=O) groups is 2. The van der Waals surface area contributed by atoms with Gasteiger partial charge in [-0.15, -0.1) is 0 Å². The molecule has 1 fully saturated rings. The van der Waals surface area contributed by atoms with E-state index in [4.69, 9.17) is 10.00 Å². The van der Waals surface area contributed by atoms with E-state index in [1.165, 1.54) is 0 Å². The Morgan fingerprint density at radius 1 is 1.36 bits per heavy atom. The SMILES string of the molecule is CN(C)C1CC(C(=O)NCC#N)CN(C(=O)OC(C)(C)C)C1. The Bertz CT molecular complexity index is 451. The molecule has 1 aliphatic heterocycles. The second-order valence-electron chi connectivity index (χ2n) is 6.81. The van der Waals surface area contributed by atoms with Crippen molar-refractivity contribution < 1.29 is 14.3 Å². The number of piperidine rings is 1. The van der Waals surface area contributed by atoms with Crippen LogP contribution in [0.25, 0.3) is 0 Å². The number of ether oxygens (including phenoxy) is 1. The molecule has 1 saturated heterocycles. The van der Waals surface area contributed by atoms with Crippen LogP contribution in [0.15, 0.2) is 0 Å². The number of rotatable bonds is 3. The molecule has 0 spiro atoms. The Morgan fingerprint density at radius 3 is 2.50 bits per heavy atom. The van der Waals surface area contributed by atoms with E-state index in [2.05, 4.69) is 5.32 Å². The Balaban J connectivity index is 2.79. The summed E-state index contributed by atoms with van der Waals surface area (Å²) in [5.41, 5.74) is -0.569. The fourth-order valence-corrected chi connectivity index (χ4v) is 2.38. The predicted octanol–water partition coefficient (Wildman–Crippen LogP) is 0.813. The van der Waals surface area contributed by atoms with E-state index in [-0.39, 0.29) is 24.4 Å². The lowest BCUT2D eigenvalue weighted by atomic mass is 9.93. The highest BCUT2D eigenvalue weighted by atomic mass is 16.6. The first-order valence-electron chi connectivity index (χ1n) is 7.43. The highest BCUT2D eigenvalue weighted by Gasteiger charge is 2.36. The number of nitriles is 1. The molecule has 2 atom stereocenters. The first-order chi connectivity index (χ1) is 10.1. The van der Waals surface area contributed by atoms with E-state index in [9.17, 15) is 9.59 Å². The van der Waals surface area contributed by atoms with Crippen molar-refractivity contribution >= 4 is 12.0 Å². The van der Waals surface area contributed by atoms with Gasteiger partial charge in [-0.1, -0.05) is 0 Å². The number of amides is 2. The number of likely N-dealkylation sites (N-methyl/N-ethyl adjacent to an activating group) is 1. The molecule has 0 aromatic rings. The van der Waals surface area contributed by atoms with E-state index in [1.54, 1.807) is 4.90 Å². The highest BCUT2D eigenvalue weighted by Crippen LogP contribution is 2.22. The van der Waals surface area contributed by atoms with Crippen LogP contribution < -0.4 is 5.32 Å². The molecule has 0 bridgehead atoms. The van der Waals surface area contributed by atoms with Crippen molar-refractivity contribution in [2.45, 2.75) is 38.8 Å². The molecule has 0 radical (unpaired) electrons. The monoisotopic (exact) mass is 310 g/mol. The molecule has 22 heavy (non-hydrogen) atoms. The summed E-state index contributed by atoms with van der Waals surface area (Å²) in [5, 5.41) is 11.1. The van der Waals surface area contributed by atoms with Crippen molar-refractivity contribution in [3.05, 3.63) is 0 Å². The molecule has 7 nitrogen and oxygen atoms in total. The third kappa shape index (κ3) is 5.53. The van der Waals surface area contributed by atoms with Crippen LogP contribution in [0.5, 0.6) is 0 Å². The van der Waals surface area contributed by atoms with E-state index >= 15 is 0 Å². The van der Waals surface area contributed by atoms with Gasteiger partial charge in [0.25, 0.3) is 0 Å². The van der Waals surface area contributed by atoms with Crippen LogP contribution in [-0.2, 0) is 9.53 Å². The zero-order valence-corrected chi connectivity index (χ0v) is 14.0. The molecule has 2 amide bonds. The lowest BCUT2D eigenvalue weighted by molar-refractivity contribution is -0.127. The van der Waals surface area contributed by atoms with Gasteiger partial charge in [0, 0.05) is 19.1 Å². The first kappa shape index (κ1) is 18.2. The summed E-state index contributed by atoms with van der Waals surface area (Å²) in [6, 6.07) is 1.97. The topological polar surface area (TPSA) is 85.7 Å². The van der Waals surface area contributed by atoms with Gasteiger partial charge in [-0.2, -0.15) is 5.26 Å². The summed E-state index contributed by atoms with van der Waals surface area (Å²) in [7, 11) is 3.85. The Hall–Kier alpha value is -1.81. The van der Waals surface area contributed by atoms with E-state index in [0.717, 1.165) is 0 Å². The first-order valence-corrected chi connectivity index (χ1v) is 7.43. The van der Waals surface area contributed by atoms with Crippen molar-refractivity contribution in [1.29, 1.82) is 5.26 Å². The molecule has 7 heteroatoms. The molecule has 0 aromatic carbocycles. The fraction of sp³-hybridized carbons (Fsp3) is 0.800. The van der Waals surface area contributed by atoms with Crippen molar-refractivity contribution in [1.82, 2.24) is 15.1 Å². The number of nitrogens with one attached hydrogen (secondary N) is 1. The zero-order chi connectivity index (χ0) is 16.9. The van der Waals surface area contributed by atoms with Crippen molar-refractivity contribution in [2.24, 2.45) is 5.92 Å². The van der Waals surface area contributed by atoms with Crippen LogP contribution in [0.4, 0.5) is 4.79 Å². The highest BCUT2D eigenvalue weighted by molar-refractivity contribution is 5.80. The summed E-state index contributed by atoms with van der Waals surface area (Å²) >= 11 is 0. The van der Waals surface area contributed by atoms with Gasteiger partial charge in [-0.05, 0) is 41.3 Å². The Kier molecular flexibility index (Phi) is 6.18. The average Bonchev–Trinajstić information content (AvgIpc) is 2.42. The molecule has 1 heterocycles.